The van der Waals surface area contributed by atoms with Crippen LogP contribution < -0.4 is 14.8 Å². The number of ether oxygens (including phenoxy) is 2. The van der Waals surface area contributed by atoms with Gasteiger partial charge in [0.2, 0.25) is 0 Å². The third-order valence-corrected chi connectivity index (χ3v) is 4.83. The summed E-state index contributed by atoms with van der Waals surface area (Å²) in [5.74, 6) is 0.483. The van der Waals surface area contributed by atoms with Gasteiger partial charge in [0, 0.05) is 18.2 Å². The molecule has 0 fully saturated rings. The monoisotopic (exact) mass is 401 g/mol. The summed E-state index contributed by atoms with van der Waals surface area (Å²) in [6.07, 6.45) is 0. The van der Waals surface area contributed by atoms with Crippen LogP contribution in [0.4, 0.5) is 5.69 Å². The molecule has 0 saturated heterocycles. The molecule has 1 atom stereocenters. The largest absolute Gasteiger partial charge is 0.497 e. The SMILES string of the molecule is CCN(CC)C(CNC(=O)c1ccc(OC)c([N+](=O)[O-])c1)c1cccc(OC)c1. The van der Waals surface area contributed by atoms with E-state index in [1.807, 2.05) is 24.3 Å². The van der Waals surface area contributed by atoms with Crippen LogP contribution in [0, 0.1) is 10.1 Å². The van der Waals surface area contributed by atoms with Crippen LogP contribution in [0.15, 0.2) is 42.5 Å². The Morgan fingerprint density at radius 3 is 2.45 bits per heavy atom. The highest BCUT2D eigenvalue weighted by Gasteiger charge is 2.22. The van der Waals surface area contributed by atoms with Gasteiger partial charge in [0.25, 0.3) is 5.91 Å². The van der Waals surface area contributed by atoms with Gasteiger partial charge in [-0.15, -0.1) is 0 Å². The molecule has 0 aliphatic carbocycles. The molecule has 1 amide bonds. The van der Waals surface area contributed by atoms with Gasteiger partial charge < -0.3 is 14.8 Å². The lowest BCUT2D eigenvalue weighted by molar-refractivity contribution is -0.385. The summed E-state index contributed by atoms with van der Waals surface area (Å²) in [6, 6.07) is 11.8. The number of carbonyl (C=O) groups is 1. The maximum atomic E-state index is 12.7. The lowest BCUT2D eigenvalue weighted by Gasteiger charge is -2.30. The van der Waals surface area contributed by atoms with Crippen molar-refractivity contribution in [2.24, 2.45) is 0 Å². The minimum atomic E-state index is -0.565. The molecular formula is C21H27N3O5. The summed E-state index contributed by atoms with van der Waals surface area (Å²) in [5.41, 5.74) is 0.990. The van der Waals surface area contributed by atoms with Crippen molar-refractivity contribution < 1.29 is 19.2 Å². The molecule has 0 saturated carbocycles. The standard InChI is InChI=1S/C21H27N3O5/c1-5-23(6-2)19(15-8-7-9-17(12-15)28-3)14-22-21(25)16-10-11-20(29-4)18(13-16)24(26)27/h7-13,19H,5-6,14H2,1-4H3,(H,22,25). The highest BCUT2D eigenvalue weighted by atomic mass is 16.6. The second-order valence-electron chi connectivity index (χ2n) is 6.37. The fourth-order valence-electron chi connectivity index (χ4n) is 3.24. The molecule has 0 aromatic heterocycles. The summed E-state index contributed by atoms with van der Waals surface area (Å²) in [7, 11) is 2.97. The number of amides is 1. The van der Waals surface area contributed by atoms with Crippen LogP contribution in [0.2, 0.25) is 0 Å². The molecule has 2 aromatic carbocycles. The van der Waals surface area contributed by atoms with E-state index < -0.39 is 4.92 Å². The number of nitrogens with zero attached hydrogens (tertiary/aromatic N) is 2. The number of nitro benzene ring substituents is 1. The van der Waals surface area contributed by atoms with Gasteiger partial charge >= 0.3 is 5.69 Å². The first kappa shape index (κ1) is 22.2. The second-order valence-corrected chi connectivity index (χ2v) is 6.37. The summed E-state index contributed by atoms with van der Waals surface area (Å²) in [5, 5.41) is 14.1. The number of hydrogen-bond donors (Lipinski definition) is 1. The fraction of sp³-hybridized carbons (Fsp3) is 0.381. The number of carbonyl (C=O) groups excluding carboxylic acids is 1. The van der Waals surface area contributed by atoms with Crippen LogP contribution in [0.25, 0.3) is 0 Å². The topological polar surface area (TPSA) is 93.9 Å². The van der Waals surface area contributed by atoms with E-state index in [2.05, 4.69) is 24.1 Å². The summed E-state index contributed by atoms with van der Waals surface area (Å²) in [6.45, 7) is 6.09. The Kier molecular flexibility index (Phi) is 7.97. The zero-order valence-electron chi connectivity index (χ0n) is 17.2. The fourth-order valence-corrected chi connectivity index (χ4v) is 3.24. The number of hydrogen-bond acceptors (Lipinski definition) is 6. The Bertz CT molecular complexity index is 852. The molecule has 0 heterocycles. The Labute approximate surface area is 170 Å². The van der Waals surface area contributed by atoms with Crippen molar-refractivity contribution in [3.8, 4) is 11.5 Å². The number of methoxy groups -OCH3 is 2. The van der Waals surface area contributed by atoms with E-state index in [0.29, 0.717) is 6.54 Å². The van der Waals surface area contributed by atoms with Gasteiger partial charge in [0.15, 0.2) is 5.75 Å². The highest BCUT2D eigenvalue weighted by Crippen LogP contribution is 2.28. The van der Waals surface area contributed by atoms with Gasteiger partial charge in [0.05, 0.1) is 25.2 Å². The van der Waals surface area contributed by atoms with Crippen LogP contribution in [-0.4, -0.2) is 49.6 Å². The second kappa shape index (κ2) is 10.4. The van der Waals surface area contributed by atoms with Crippen molar-refractivity contribution in [2.45, 2.75) is 19.9 Å². The molecular weight excluding hydrogens is 374 g/mol. The van der Waals surface area contributed by atoms with Crippen molar-refractivity contribution in [1.29, 1.82) is 0 Å². The third-order valence-electron chi connectivity index (χ3n) is 4.83. The zero-order chi connectivity index (χ0) is 21.4. The van der Waals surface area contributed by atoms with E-state index in [4.69, 9.17) is 9.47 Å². The Morgan fingerprint density at radius 2 is 1.86 bits per heavy atom. The van der Waals surface area contributed by atoms with E-state index in [-0.39, 0.29) is 28.9 Å². The quantitative estimate of drug-likeness (QED) is 0.484. The minimum Gasteiger partial charge on any atom is -0.497 e. The van der Waals surface area contributed by atoms with Crippen LogP contribution in [0.3, 0.4) is 0 Å². The Hall–Kier alpha value is -3.13. The van der Waals surface area contributed by atoms with Crippen LogP contribution >= 0.6 is 0 Å². The molecule has 0 aliphatic heterocycles. The summed E-state index contributed by atoms with van der Waals surface area (Å²) < 4.78 is 10.3. The molecule has 0 radical (unpaired) electrons. The highest BCUT2D eigenvalue weighted by molar-refractivity contribution is 5.95. The van der Waals surface area contributed by atoms with Gasteiger partial charge in [-0.25, -0.2) is 0 Å². The molecule has 29 heavy (non-hydrogen) atoms. The first-order valence-electron chi connectivity index (χ1n) is 9.43. The molecule has 1 unspecified atom stereocenters. The molecule has 0 aliphatic rings. The normalized spacial score (nSPS) is 11.8. The molecule has 8 heteroatoms. The van der Waals surface area contributed by atoms with Crippen LogP contribution in [-0.2, 0) is 0 Å². The molecule has 8 nitrogen and oxygen atoms in total. The number of likely N-dealkylation sites (N-methyl/N-ethyl adjacent to an activating group) is 1. The molecule has 0 bridgehead atoms. The first-order chi connectivity index (χ1) is 13.9. The van der Waals surface area contributed by atoms with E-state index in [0.717, 1.165) is 24.4 Å². The van der Waals surface area contributed by atoms with Gasteiger partial charge in [-0.1, -0.05) is 26.0 Å². The average molecular weight is 401 g/mol. The molecule has 2 rings (SSSR count). The lowest BCUT2D eigenvalue weighted by atomic mass is 10.0. The minimum absolute atomic E-state index is 0.0581. The average Bonchev–Trinajstić information content (AvgIpc) is 2.75. The van der Waals surface area contributed by atoms with Gasteiger partial charge in [-0.05, 0) is 42.9 Å². The van der Waals surface area contributed by atoms with Crippen LogP contribution in [0.5, 0.6) is 11.5 Å². The number of nitro groups is 1. The van der Waals surface area contributed by atoms with Crippen molar-refractivity contribution in [3.05, 3.63) is 63.7 Å². The lowest BCUT2D eigenvalue weighted by Crippen LogP contribution is -2.38. The van der Waals surface area contributed by atoms with Gasteiger partial charge in [-0.3, -0.25) is 19.8 Å². The van der Waals surface area contributed by atoms with Gasteiger partial charge in [-0.2, -0.15) is 0 Å². The van der Waals surface area contributed by atoms with Crippen molar-refractivity contribution in [1.82, 2.24) is 10.2 Å². The van der Waals surface area contributed by atoms with Crippen LogP contribution in [0.1, 0.15) is 35.8 Å². The Morgan fingerprint density at radius 1 is 1.14 bits per heavy atom. The van der Waals surface area contributed by atoms with Crippen molar-refractivity contribution >= 4 is 11.6 Å². The third kappa shape index (κ3) is 5.45. The van der Waals surface area contributed by atoms with Crippen molar-refractivity contribution in [3.63, 3.8) is 0 Å². The molecule has 0 spiro atoms. The molecule has 2 aromatic rings. The predicted molar refractivity (Wildman–Crippen MR) is 111 cm³/mol. The van der Waals surface area contributed by atoms with Crippen molar-refractivity contribution in [2.75, 3.05) is 33.9 Å². The van der Waals surface area contributed by atoms with E-state index >= 15 is 0 Å². The first-order valence-corrected chi connectivity index (χ1v) is 9.43. The predicted octanol–water partition coefficient (Wildman–Crippen LogP) is 3.42. The number of nitrogens with one attached hydrogen (secondary N) is 1. The van der Waals surface area contributed by atoms with E-state index in [1.165, 1.54) is 25.3 Å². The molecule has 1 N–H and O–H groups in total. The summed E-state index contributed by atoms with van der Waals surface area (Å²) >= 11 is 0. The summed E-state index contributed by atoms with van der Waals surface area (Å²) in [4.78, 5) is 25.5. The Balaban J connectivity index is 2.23. The number of benzene rings is 2. The maximum Gasteiger partial charge on any atom is 0.311 e. The van der Waals surface area contributed by atoms with Gasteiger partial charge in [0.1, 0.15) is 5.75 Å². The smallest absolute Gasteiger partial charge is 0.311 e. The van der Waals surface area contributed by atoms with E-state index in [9.17, 15) is 14.9 Å². The molecule has 156 valence electrons. The maximum absolute atomic E-state index is 12.7. The van der Waals surface area contributed by atoms with E-state index in [1.54, 1.807) is 7.11 Å². The zero-order valence-corrected chi connectivity index (χ0v) is 17.2. The number of rotatable bonds is 10.